The first-order valence-electron chi connectivity index (χ1n) is 6.79. The number of nitrogens with one attached hydrogen (secondary N) is 2. The molecule has 2 aromatic rings. The van der Waals surface area contributed by atoms with Gasteiger partial charge in [0.25, 0.3) is 0 Å². The number of thiophene rings is 1. The number of nitrogens with zero attached hydrogens (tertiary/aromatic N) is 1. The lowest BCUT2D eigenvalue weighted by atomic mass is 10.0. The Balaban J connectivity index is 1.66. The van der Waals surface area contributed by atoms with Crippen molar-refractivity contribution in [1.29, 1.82) is 0 Å². The van der Waals surface area contributed by atoms with E-state index >= 15 is 0 Å². The molecule has 2 unspecified atom stereocenters. The van der Waals surface area contributed by atoms with E-state index in [0.29, 0.717) is 18.6 Å². The molecule has 3 N–H and O–H groups in total. The fourth-order valence-corrected chi connectivity index (χ4v) is 3.60. The molecule has 1 saturated carbocycles. The first-order chi connectivity index (χ1) is 9.38. The monoisotopic (exact) mass is 277 g/mol. The van der Waals surface area contributed by atoms with Gasteiger partial charge in [0.1, 0.15) is 0 Å². The molecule has 3 rings (SSSR count). The maximum Gasteiger partial charge on any atom is 0.0794 e. The second-order valence-corrected chi connectivity index (χ2v) is 6.06. The Morgan fingerprint density at radius 1 is 1.47 bits per heavy atom. The summed E-state index contributed by atoms with van der Waals surface area (Å²) in [5, 5.41) is 22.2. The number of hydrogen-bond acceptors (Lipinski definition) is 4. The van der Waals surface area contributed by atoms with Gasteiger partial charge in [-0.25, -0.2) is 0 Å². The SMILES string of the molecule is OCC1CCCC1NCc1cn[nH]c1-c1cccs1. The van der Waals surface area contributed by atoms with Crippen molar-refractivity contribution in [3.05, 3.63) is 29.3 Å². The largest absolute Gasteiger partial charge is 0.396 e. The van der Waals surface area contributed by atoms with E-state index < -0.39 is 0 Å². The lowest BCUT2D eigenvalue weighted by molar-refractivity contribution is 0.205. The molecule has 1 aliphatic rings. The zero-order chi connectivity index (χ0) is 13.1. The highest BCUT2D eigenvalue weighted by atomic mass is 32.1. The average Bonchev–Trinajstić information content (AvgIpc) is 3.16. The lowest BCUT2D eigenvalue weighted by Gasteiger charge is -2.18. The number of aliphatic hydroxyl groups is 1. The molecule has 5 heteroatoms. The van der Waals surface area contributed by atoms with Crippen LogP contribution in [0.4, 0.5) is 0 Å². The van der Waals surface area contributed by atoms with Crippen molar-refractivity contribution in [2.75, 3.05) is 6.61 Å². The fraction of sp³-hybridized carbons (Fsp3) is 0.500. The maximum atomic E-state index is 9.34. The van der Waals surface area contributed by atoms with E-state index in [1.807, 2.05) is 6.20 Å². The second kappa shape index (κ2) is 5.86. The van der Waals surface area contributed by atoms with Crippen molar-refractivity contribution in [3.8, 4) is 10.6 Å². The number of rotatable bonds is 5. The standard InChI is InChI=1S/C14H19N3OS/c18-9-10-3-1-4-12(10)15-7-11-8-16-17-14(11)13-5-2-6-19-13/h2,5-6,8,10,12,15,18H,1,3-4,7,9H2,(H,16,17). The summed E-state index contributed by atoms with van der Waals surface area (Å²) in [7, 11) is 0. The Bertz CT molecular complexity index is 509. The molecule has 0 radical (unpaired) electrons. The second-order valence-electron chi connectivity index (χ2n) is 5.11. The van der Waals surface area contributed by atoms with E-state index in [1.54, 1.807) is 11.3 Å². The maximum absolute atomic E-state index is 9.34. The van der Waals surface area contributed by atoms with Crippen LogP contribution in [0.1, 0.15) is 24.8 Å². The van der Waals surface area contributed by atoms with Crippen LogP contribution in [-0.4, -0.2) is 28.0 Å². The number of aromatic amines is 1. The van der Waals surface area contributed by atoms with Crippen LogP contribution >= 0.6 is 11.3 Å². The molecule has 2 aromatic heterocycles. The number of hydrogen-bond donors (Lipinski definition) is 3. The molecule has 4 nitrogen and oxygen atoms in total. The van der Waals surface area contributed by atoms with E-state index in [0.717, 1.165) is 25.1 Å². The molecule has 0 spiro atoms. The predicted molar refractivity (Wildman–Crippen MR) is 77.0 cm³/mol. The molecule has 2 atom stereocenters. The molecule has 1 fully saturated rings. The molecule has 0 bridgehead atoms. The van der Waals surface area contributed by atoms with Crippen LogP contribution in [0.25, 0.3) is 10.6 Å². The predicted octanol–water partition coefficient (Wildman–Crippen LogP) is 2.39. The molecule has 0 aliphatic heterocycles. The normalized spacial score (nSPS) is 23.0. The van der Waals surface area contributed by atoms with Gasteiger partial charge in [0, 0.05) is 24.8 Å². The Morgan fingerprint density at radius 3 is 3.21 bits per heavy atom. The van der Waals surface area contributed by atoms with Crippen LogP contribution in [0.3, 0.4) is 0 Å². The van der Waals surface area contributed by atoms with E-state index in [9.17, 15) is 5.11 Å². The van der Waals surface area contributed by atoms with Crippen LogP contribution < -0.4 is 5.32 Å². The van der Waals surface area contributed by atoms with Gasteiger partial charge in [0.15, 0.2) is 0 Å². The number of H-pyrrole nitrogens is 1. The van der Waals surface area contributed by atoms with Crippen molar-refractivity contribution in [2.24, 2.45) is 5.92 Å². The van der Waals surface area contributed by atoms with Crippen molar-refractivity contribution < 1.29 is 5.11 Å². The summed E-state index contributed by atoms with van der Waals surface area (Å²) in [5.41, 5.74) is 2.31. The van der Waals surface area contributed by atoms with Gasteiger partial charge in [-0.15, -0.1) is 11.3 Å². The highest BCUT2D eigenvalue weighted by molar-refractivity contribution is 7.13. The summed E-state index contributed by atoms with van der Waals surface area (Å²) in [6.45, 7) is 1.10. The Kier molecular flexibility index (Phi) is 3.96. The van der Waals surface area contributed by atoms with Gasteiger partial charge in [-0.05, 0) is 30.2 Å². The van der Waals surface area contributed by atoms with Gasteiger partial charge in [0.05, 0.1) is 16.8 Å². The third kappa shape index (κ3) is 2.73. The summed E-state index contributed by atoms with van der Waals surface area (Å²) in [6.07, 6.45) is 5.41. The van der Waals surface area contributed by atoms with E-state index in [4.69, 9.17) is 0 Å². The highest BCUT2D eigenvalue weighted by Gasteiger charge is 2.26. The third-order valence-electron chi connectivity index (χ3n) is 3.93. The van der Waals surface area contributed by atoms with Crippen LogP contribution in [-0.2, 0) is 6.54 Å². The van der Waals surface area contributed by atoms with Crippen LogP contribution in [0.5, 0.6) is 0 Å². The van der Waals surface area contributed by atoms with Gasteiger partial charge in [-0.1, -0.05) is 12.5 Å². The van der Waals surface area contributed by atoms with Crippen molar-refractivity contribution >= 4 is 11.3 Å². The van der Waals surface area contributed by atoms with E-state index in [-0.39, 0.29) is 0 Å². The van der Waals surface area contributed by atoms with Crippen molar-refractivity contribution in [1.82, 2.24) is 15.5 Å². The molecule has 1 aliphatic carbocycles. The number of aromatic nitrogens is 2. The molecule has 0 aromatic carbocycles. The molecular formula is C14H19N3OS. The minimum atomic E-state index is 0.292. The van der Waals surface area contributed by atoms with Gasteiger partial charge in [-0.3, -0.25) is 5.10 Å². The molecule has 0 amide bonds. The van der Waals surface area contributed by atoms with Crippen LogP contribution in [0.15, 0.2) is 23.7 Å². The minimum Gasteiger partial charge on any atom is -0.396 e. The van der Waals surface area contributed by atoms with Gasteiger partial charge in [-0.2, -0.15) is 5.10 Å². The van der Waals surface area contributed by atoms with Crippen LogP contribution in [0.2, 0.25) is 0 Å². The minimum absolute atomic E-state index is 0.292. The van der Waals surface area contributed by atoms with Crippen molar-refractivity contribution in [2.45, 2.75) is 31.8 Å². The third-order valence-corrected chi connectivity index (χ3v) is 4.82. The van der Waals surface area contributed by atoms with Gasteiger partial charge in [0.2, 0.25) is 0 Å². The molecule has 19 heavy (non-hydrogen) atoms. The summed E-state index contributed by atoms with van der Waals surface area (Å²) >= 11 is 1.72. The van der Waals surface area contributed by atoms with E-state index in [2.05, 4.69) is 33.0 Å². The Labute approximate surface area is 116 Å². The van der Waals surface area contributed by atoms with Gasteiger partial charge >= 0.3 is 0 Å². The lowest BCUT2D eigenvalue weighted by Crippen LogP contribution is -2.33. The smallest absolute Gasteiger partial charge is 0.0794 e. The topological polar surface area (TPSA) is 60.9 Å². The van der Waals surface area contributed by atoms with E-state index in [1.165, 1.54) is 16.9 Å². The van der Waals surface area contributed by atoms with Crippen LogP contribution in [0, 0.1) is 5.92 Å². The summed E-state index contributed by atoms with van der Waals surface area (Å²) in [5.74, 6) is 0.414. The first kappa shape index (κ1) is 12.8. The summed E-state index contributed by atoms with van der Waals surface area (Å²) in [4.78, 5) is 1.22. The van der Waals surface area contributed by atoms with Crippen molar-refractivity contribution in [3.63, 3.8) is 0 Å². The van der Waals surface area contributed by atoms with Gasteiger partial charge < -0.3 is 10.4 Å². The quantitative estimate of drug-likeness (QED) is 0.786. The average molecular weight is 277 g/mol. The summed E-state index contributed by atoms with van der Waals surface area (Å²) in [6, 6.07) is 4.60. The first-order valence-corrected chi connectivity index (χ1v) is 7.67. The number of aliphatic hydroxyl groups excluding tert-OH is 1. The molecular weight excluding hydrogens is 258 g/mol. The summed E-state index contributed by atoms with van der Waals surface area (Å²) < 4.78 is 0. The Hall–Kier alpha value is -1.17. The fourth-order valence-electron chi connectivity index (χ4n) is 2.84. The molecule has 0 saturated heterocycles. The molecule has 2 heterocycles. The molecule has 102 valence electrons. The zero-order valence-corrected chi connectivity index (χ0v) is 11.6. The Morgan fingerprint density at radius 2 is 2.42 bits per heavy atom. The zero-order valence-electron chi connectivity index (χ0n) is 10.8. The highest BCUT2D eigenvalue weighted by Crippen LogP contribution is 2.28.